The molecule has 0 bridgehead atoms. The van der Waals surface area contributed by atoms with Crippen LogP contribution >= 0.6 is 0 Å². The maximum Gasteiger partial charge on any atom is 0.264 e. The van der Waals surface area contributed by atoms with Gasteiger partial charge >= 0.3 is 0 Å². The summed E-state index contributed by atoms with van der Waals surface area (Å²) in [5, 5.41) is 2.91. The minimum atomic E-state index is -3.68. The summed E-state index contributed by atoms with van der Waals surface area (Å²) in [7, 11) is -3.68. The van der Waals surface area contributed by atoms with Crippen LogP contribution in [0, 0.1) is 0 Å². The lowest BCUT2D eigenvalue weighted by molar-refractivity contribution is 0.0950. The normalized spacial score (nSPS) is 16.7. The van der Waals surface area contributed by atoms with Gasteiger partial charge < -0.3 is 14.8 Å². The second-order valence-corrected chi connectivity index (χ2v) is 9.70. The molecule has 32 heavy (non-hydrogen) atoms. The van der Waals surface area contributed by atoms with Gasteiger partial charge in [-0.2, -0.15) is 0 Å². The van der Waals surface area contributed by atoms with E-state index in [-0.39, 0.29) is 23.6 Å². The molecule has 5 rings (SSSR count). The van der Waals surface area contributed by atoms with Gasteiger partial charge in [-0.3, -0.25) is 9.10 Å². The van der Waals surface area contributed by atoms with Gasteiger partial charge in [0.05, 0.1) is 10.6 Å². The van der Waals surface area contributed by atoms with E-state index in [1.165, 1.54) is 4.31 Å². The van der Waals surface area contributed by atoms with E-state index in [4.69, 9.17) is 9.47 Å². The fraction of sp³-hybridized carbons (Fsp3) is 0.208. The predicted molar refractivity (Wildman–Crippen MR) is 119 cm³/mol. The van der Waals surface area contributed by atoms with Gasteiger partial charge in [0, 0.05) is 18.2 Å². The topological polar surface area (TPSA) is 84.9 Å². The van der Waals surface area contributed by atoms with Crippen molar-refractivity contribution in [2.45, 2.75) is 30.8 Å². The maximum atomic E-state index is 13.2. The Morgan fingerprint density at radius 1 is 1.03 bits per heavy atom. The first-order valence-electron chi connectivity index (χ1n) is 10.3. The lowest BCUT2D eigenvalue weighted by Gasteiger charge is -2.24. The summed E-state index contributed by atoms with van der Waals surface area (Å²) in [6, 6.07) is 18.9. The highest BCUT2D eigenvalue weighted by atomic mass is 32.2. The van der Waals surface area contributed by atoms with E-state index in [2.05, 4.69) is 5.32 Å². The number of fused-ring (bicyclic) bond motifs is 2. The fourth-order valence-electron chi connectivity index (χ4n) is 4.15. The molecule has 7 nitrogen and oxygen atoms in total. The standard InChI is InChI=1S/C24H22N2O5S/c1-16-11-19-13-18(24(27)25-14-17-7-10-22-23(12-17)31-15-30-22)8-9-21(19)26(16)32(28,29)20-5-3-2-4-6-20/h2-10,12-13,16H,11,14-15H2,1H3,(H,25,27)/t16-/m0/s1. The number of sulfonamides is 1. The van der Waals surface area contributed by atoms with E-state index in [1.54, 1.807) is 48.5 Å². The van der Waals surface area contributed by atoms with Crippen molar-refractivity contribution in [1.29, 1.82) is 0 Å². The van der Waals surface area contributed by atoms with E-state index >= 15 is 0 Å². The molecule has 0 saturated heterocycles. The highest BCUT2D eigenvalue weighted by Gasteiger charge is 2.36. The fourth-order valence-corrected chi connectivity index (χ4v) is 5.87. The number of carbonyl (C=O) groups excluding carboxylic acids is 1. The Labute approximate surface area is 186 Å². The summed E-state index contributed by atoms with van der Waals surface area (Å²) < 4.78 is 38.5. The molecule has 3 aromatic carbocycles. The molecular formula is C24H22N2O5S. The Balaban J connectivity index is 1.34. The zero-order chi connectivity index (χ0) is 22.3. The predicted octanol–water partition coefficient (Wildman–Crippen LogP) is 3.49. The Morgan fingerprint density at radius 2 is 1.81 bits per heavy atom. The van der Waals surface area contributed by atoms with Crippen molar-refractivity contribution in [1.82, 2.24) is 5.32 Å². The van der Waals surface area contributed by atoms with Gasteiger partial charge in [0.1, 0.15) is 0 Å². The number of ether oxygens (including phenoxy) is 2. The number of carbonyl (C=O) groups is 1. The summed E-state index contributed by atoms with van der Waals surface area (Å²) in [5.74, 6) is 1.15. The number of rotatable bonds is 5. The summed E-state index contributed by atoms with van der Waals surface area (Å²) >= 11 is 0. The molecule has 0 fully saturated rings. The molecule has 0 unspecified atom stereocenters. The van der Waals surface area contributed by atoms with Gasteiger partial charge in [0.15, 0.2) is 11.5 Å². The minimum absolute atomic E-state index is 0.204. The summed E-state index contributed by atoms with van der Waals surface area (Å²) in [6.45, 7) is 2.42. The Bertz CT molecular complexity index is 1290. The van der Waals surface area contributed by atoms with Crippen molar-refractivity contribution in [3.05, 3.63) is 83.4 Å². The molecule has 0 radical (unpaired) electrons. The Kier molecular flexibility index (Phi) is 5.01. The van der Waals surface area contributed by atoms with E-state index in [0.29, 0.717) is 35.7 Å². The monoisotopic (exact) mass is 450 g/mol. The van der Waals surface area contributed by atoms with Gasteiger partial charge in [0.25, 0.3) is 15.9 Å². The van der Waals surface area contributed by atoms with Crippen LogP contribution in [0.1, 0.15) is 28.4 Å². The second kappa shape index (κ2) is 7.87. The maximum absolute atomic E-state index is 13.2. The van der Waals surface area contributed by atoms with Gasteiger partial charge in [-0.05, 0) is 66.9 Å². The zero-order valence-corrected chi connectivity index (χ0v) is 18.3. The average molecular weight is 451 g/mol. The quantitative estimate of drug-likeness (QED) is 0.643. The van der Waals surface area contributed by atoms with E-state index in [0.717, 1.165) is 11.1 Å². The Hall–Kier alpha value is -3.52. The van der Waals surface area contributed by atoms with Crippen LogP contribution in [0.5, 0.6) is 11.5 Å². The SMILES string of the molecule is C[C@H]1Cc2cc(C(=O)NCc3ccc4c(c3)OCO4)ccc2N1S(=O)(=O)c1ccccc1. The van der Waals surface area contributed by atoms with Crippen LogP contribution in [0.15, 0.2) is 71.6 Å². The van der Waals surface area contributed by atoms with Crippen LogP contribution in [0.2, 0.25) is 0 Å². The van der Waals surface area contributed by atoms with Crippen LogP contribution in [-0.2, 0) is 23.0 Å². The molecular weight excluding hydrogens is 428 g/mol. The number of hydrogen-bond donors (Lipinski definition) is 1. The Morgan fingerprint density at radius 3 is 2.62 bits per heavy atom. The lowest BCUT2D eigenvalue weighted by Crippen LogP contribution is -2.35. The van der Waals surface area contributed by atoms with E-state index < -0.39 is 10.0 Å². The molecule has 0 saturated carbocycles. The highest BCUT2D eigenvalue weighted by molar-refractivity contribution is 7.92. The van der Waals surface area contributed by atoms with Crippen LogP contribution in [-0.4, -0.2) is 27.2 Å². The van der Waals surface area contributed by atoms with Crippen LogP contribution < -0.4 is 19.1 Å². The second-order valence-electron chi connectivity index (χ2n) is 7.88. The molecule has 0 spiro atoms. The van der Waals surface area contributed by atoms with Crippen molar-refractivity contribution < 1.29 is 22.7 Å². The number of nitrogens with one attached hydrogen (secondary N) is 1. The van der Waals surface area contributed by atoms with Crippen molar-refractivity contribution in [3.8, 4) is 11.5 Å². The molecule has 0 aliphatic carbocycles. The average Bonchev–Trinajstić information content (AvgIpc) is 3.40. The molecule has 2 aliphatic rings. The van der Waals surface area contributed by atoms with Gasteiger partial charge in [0.2, 0.25) is 6.79 Å². The van der Waals surface area contributed by atoms with E-state index in [9.17, 15) is 13.2 Å². The summed E-state index contributed by atoms with van der Waals surface area (Å²) in [5.41, 5.74) is 2.86. The zero-order valence-electron chi connectivity index (χ0n) is 17.4. The van der Waals surface area contributed by atoms with Gasteiger partial charge in [-0.15, -0.1) is 0 Å². The van der Waals surface area contributed by atoms with Crippen LogP contribution in [0.3, 0.4) is 0 Å². The van der Waals surface area contributed by atoms with Crippen molar-refractivity contribution in [2.24, 2.45) is 0 Å². The van der Waals surface area contributed by atoms with Crippen molar-refractivity contribution in [2.75, 3.05) is 11.1 Å². The third-order valence-electron chi connectivity index (χ3n) is 5.68. The number of amides is 1. The number of anilines is 1. The first-order chi connectivity index (χ1) is 15.4. The lowest BCUT2D eigenvalue weighted by atomic mass is 10.1. The molecule has 1 N–H and O–H groups in total. The molecule has 2 aliphatic heterocycles. The van der Waals surface area contributed by atoms with Crippen molar-refractivity contribution in [3.63, 3.8) is 0 Å². The smallest absolute Gasteiger partial charge is 0.264 e. The molecule has 0 aromatic heterocycles. The number of nitrogens with zero attached hydrogens (tertiary/aromatic N) is 1. The first kappa shape index (κ1) is 20.4. The molecule has 2 heterocycles. The minimum Gasteiger partial charge on any atom is -0.454 e. The molecule has 3 aromatic rings. The number of hydrogen-bond acceptors (Lipinski definition) is 5. The number of benzene rings is 3. The molecule has 1 atom stereocenters. The first-order valence-corrected chi connectivity index (χ1v) is 11.8. The largest absolute Gasteiger partial charge is 0.454 e. The third kappa shape index (κ3) is 3.56. The van der Waals surface area contributed by atoms with Crippen LogP contribution in [0.4, 0.5) is 5.69 Å². The third-order valence-corrected chi connectivity index (χ3v) is 7.63. The summed E-state index contributed by atoms with van der Waals surface area (Å²) in [6.07, 6.45) is 0.546. The van der Waals surface area contributed by atoms with Crippen molar-refractivity contribution >= 4 is 21.6 Å². The molecule has 164 valence electrons. The van der Waals surface area contributed by atoms with E-state index in [1.807, 2.05) is 25.1 Å². The molecule has 8 heteroatoms. The van der Waals surface area contributed by atoms with Gasteiger partial charge in [-0.25, -0.2) is 8.42 Å². The summed E-state index contributed by atoms with van der Waals surface area (Å²) in [4.78, 5) is 13.0. The highest BCUT2D eigenvalue weighted by Crippen LogP contribution is 2.37. The van der Waals surface area contributed by atoms with Crippen LogP contribution in [0.25, 0.3) is 0 Å². The van der Waals surface area contributed by atoms with Gasteiger partial charge in [-0.1, -0.05) is 24.3 Å². The molecule has 1 amide bonds.